The molecular weight excluding hydrogens is 315 g/mol. The SMILES string of the molecule is CC(C)[C@H](N)C(=O)N1CCC[C@@H]1B1O[C@@H]2[C@@H]3C[C@H](C[C@]2(C)O1)C3(C)C. The number of carbonyl (C=O) groups excluding carboxylic acids is 1. The third kappa shape index (κ3) is 2.51. The monoisotopic (exact) mass is 348 g/mol. The van der Waals surface area contributed by atoms with E-state index >= 15 is 0 Å². The van der Waals surface area contributed by atoms with Crippen LogP contribution in [0.1, 0.15) is 60.3 Å². The number of nitrogens with zero attached hydrogens (tertiary/aromatic N) is 1. The number of likely N-dealkylation sites (tertiary alicyclic amines) is 1. The molecule has 5 nitrogen and oxygen atoms in total. The second kappa shape index (κ2) is 5.70. The fraction of sp³-hybridized carbons (Fsp3) is 0.947. The van der Waals surface area contributed by atoms with E-state index in [1.807, 2.05) is 18.7 Å². The highest BCUT2D eigenvalue weighted by Gasteiger charge is 2.67. The van der Waals surface area contributed by atoms with Crippen molar-refractivity contribution in [2.75, 3.05) is 6.54 Å². The maximum absolute atomic E-state index is 12.8. The summed E-state index contributed by atoms with van der Waals surface area (Å²) in [6.45, 7) is 11.7. The molecule has 5 rings (SSSR count). The van der Waals surface area contributed by atoms with E-state index in [0.717, 1.165) is 31.7 Å². The van der Waals surface area contributed by atoms with Gasteiger partial charge in [-0.25, -0.2) is 0 Å². The van der Waals surface area contributed by atoms with E-state index in [9.17, 15) is 4.79 Å². The van der Waals surface area contributed by atoms with Gasteiger partial charge in [-0.15, -0.1) is 0 Å². The number of carbonyl (C=O) groups is 1. The lowest BCUT2D eigenvalue weighted by atomic mass is 9.45. The summed E-state index contributed by atoms with van der Waals surface area (Å²) in [6, 6.07) is -0.438. The van der Waals surface area contributed by atoms with E-state index in [1.165, 1.54) is 6.42 Å². The topological polar surface area (TPSA) is 64.8 Å². The zero-order valence-corrected chi connectivity index (χ0v) is 16.3. The Morgan fingerprint density at radius 1 is 1.32 bits per heavy atom. The van der Waals surface area contributed by atoms with Crippen molar-refractivity contribution in [1.82, 2.24) is 4.90 Å². The normalized spacial score (nSPS) is 43.2. The van der Waals surface area contributed by atoms with E-state index in [2.05, 4.69) is 20.8 Å². The Balaban J connectivity index is 1.50. The average Bonchev–Trinajstić information content (AvgIpc) is 3.15. The van der Waals surface area contributed by atoms with E-state index < -0.39 is 6.04 Å². The van der Waals surface area contributed by atoms with Crippen molar-refractivity contribution in [2.45, 2.75) is 84.0 Å². The molecule has 25 heavy (non-hydrogen) atoms. The number of rotatable bonds is 3. The van der Waals surface area contributed by atoms with Gasteiger partial charge in [-0.1, -0.05) is 27.7 Å². The Kier molecular flexibility index (Phi) is 4.06. The Hall–Kier alpha value is -0.585. The van der Waals surface area contributed by atoms with Crippen molar-refractivity contribution in [3.05, 3.63) is 0 Å². The number of nitrogens with two attached hydrogens (primary N) is 1. The Bertz CT molecular complexity index is 569. The maximum atomic E-state index is 12.8. The summed E-state index contributed by atoms with van der Waals surface area (Å²) in [5.74, 6) is 1.52. The standard InChI is InChI=1S/C19H33BN2O3/c1-11(2)15(21)17(23)22-8-6-7-14(22)20-24-16-13-9-12(18(13,3)4)10-19(16,5)25-20/h11-16H,6-10,21H2,1-5H3/t12-,13+,14-,15+,16-,19+/m1/s1. The van der Waals surface area contributed by atoms with Gasteiger partial charge in [-0.05, 0) is 55.8 Å². The second-order valence-corrected chi connectivity index (χ2v) is 9.93. The van der Waals surface area contributed by atoms with Crippen LogP contribution in [0.2, 0.25) is 0 Å². The first-order valence-corrected chi connectivity index (χ1v) is 10.0. The lowest BCUT2D eigenvalue weighted by Crippen LogP contribution is -2.63. The van der Waals surface area contributed by atoms with Crippen LogP contribution >= 0.6 is 0 Å². The largest absolute Gasteiger partial charge is 0.481 e. The van der Waals surface area contributed by atoms with Crippen molar-refractivity contribution in [3.8, 4) is 0 Å². The van der Waals surface area contributed by atoms with E-state index in [-0.39, 0.29) is 36.6 Å². The molecule has 2 saturated heterocycles. The molecule has 2 aliphatic heterocycles. The van der Waals surface area contributed by atoms with E-state index in [0.29, 0.717) is 11.3 Å². The van der Waals surface area contributed by atoms with Gasteiger partial charge in [-0.3, -0.25) is 4.79 Å². The van der Waals surface area contributed by atoms with Gasteiger partial charge in [0, 0.05) is 6.54 Å². The van der Waals surface area contributed by atoms with Crippen LogP contribution in [0.3, 0.4) is 0 Å². The number of hydrogen-bond donors (Lipinski definition) is 1. The minimum absolute atomic E-state index is 0.0139. The third-order valence-corrected chi connectivity index (χ3v) is 7.73. The summed E-state index contributed by atoms with van der Waals surface area (Å²) in [5.41, 5.74) is 6.30. The molecule has 2 N–H and O–H groups in total. The molecule has 140 valence electrons. The summed E-state index contributed by atoms with van der Waals surface area (Å²) < 4.78 is 13.0. The summed E-state index contributed by atoms with van der Waals surface area (Å²) in [5, 5.41) is 0. The Labute approximate surface area is 152 Å². The van der Waals surface area contributed by atoms with Crippen molar-refractivity contribution < 1.29 is 14.1 Å². The van der Waals surface area contributed by atoms with Gasteiger partial charge < -0.3 is 19.9 Å². The quantitative estimate of drug-likeness (QED) is 0.795. The smallest absolute Gasteiger partial charge is 0.404 e. The summed E-state index contributed by atoms with van der Waals surface area (Å²) in [4.78, 5) is 14.7. The van der Waals surface area contributed by atoms with Crippen molar-refractivity contribution >= 4 is 13.0 Å². The second-order valence-electron chi connectivity index (χ2n) is 9.93. The highest BCUT2D eigenvalue weighted by molar-refractivity contribution is 6.48. The molecule has 3 aliphatic carbocycles. The van der Waals surface area contributed by atoms with Crippen LogP contribution in [0.4, 0.5) is 0 Å². The van der Waals surface area contributed by atoms with Crippen molar-refractivity contribution in [2.24, 2.45) is 28.9 Å². The first-order valence-electron chi connectivity index (χ1n) is 10.0. The lowest BCUT2D eigenvalue weighted by molar-refractivity contribution is -0.185. The highest BCUT2D eigenvalue weighted by atomic mass is 16.7. The molecule has 0 spiro atoms. The maximum Gasteiger partial charge on any atom is 0.481 e. The van der Waals surface area contributed by atoms with Crippen LogP contribution in [0, 0.1) is 23.2 Å². The van der Waals surface area contributed by atoms with Gasteiger partial charge in [-0.2, -0.15) is 0 Å². The Morgan fingerprint density at radius 2 is 2.04 bits per heavy atom. The summed E-state index contributed by atoms with van der Waals surface area (Å²) in [6.07, 6.45) is 4.44. The molecule has 0 aromatic carbocycles. The number of hydrogen-bond acceptors (Lipinski definition) is 4. The molecule has 1 amide bonds. The van der Waals surface area contributed by atoms with Gasteiger partial charge in [0.05, 0.1) is 23.7 Å². The minimum atomic E-state index is -0.438. The molecule has 2 heterocycles. The van der Waals surface area contributed by atoms with Crippen LogP contribution < -0.4 is 5.73 Å². The highest BCUT2D eigenvalue weighted by Crippen LogP contribution is 2.64. The third-order valence-electron chi connectivity index (χ3n) is 7.73. The van der Waals surface area contributed by atoms with Crippen molar-refractivity contribution in [3.63, 3.8) is 0 Å². The molecule has 5 fully saturated rings. The first-order chi connectivity index (χ1) is 11.6. The van der Waals surface area contributed by atoms with E-state index in [1.54, 1.807) is 0 Å². The molecule has 6 heteroatoms. The molecule has 0 radical (unpaired) electrons. The van der Waals surface area contributed by atoms with E-state index in [4.69, 9.17) is 15.0 Å². The number of amides is 1. The molecule has 5 aliphatic rings. The molecule has 0 aromatic rings. The summed E-state index contributed by atoms with van der Waals surface area (Å²) >= 11 is 0. The van der Waals surface area contributed by atoms with Crippen LogP contribution in [-0.2, 0) is 14.1 Å². The summed E-state index contributed by atoms with van der Waals surface area (Å²) in [7, 11) is -0.295. The predicted molar refractivity (Wildman–Crippen MR) is 97.7 cm³/mol. The Morgan fingerprint density at radius 3 is 2.68 bits per heavy atom. The molecule has 0 aromatic heterocycles. The van der Waals surface area contributed by atoms with Gasteiger partial charge >= 0.3 is 7.12 Å². The first kappa shape index (κ1) is 17.8. The molecular formula is C19H33BN2O3. The molecule has 6 atom stereocenters. The zero-order valence-electron chi connectivity index (χ0n) is 16.3. The van der Waals surface area contributed by atoms with Gasteiger partial charge in [0.1, 0.15) is 0 Å². The fourth-order valence-corrected chi connectivity index (χ4v) is 5.73. The van der Waals surface area contributed by atoms with Crippen molar-refractivity contribution in [1.29, 1.82) is 0 Å². The molecule has 0 unspecified atom stereocenters. The molecule has 2 bridgehead atoms. The predicted octanol–water partition coefficient (Wildman–Crippen LogP) is 2.23. The van der Waals surface area contributed by atoms with Gasteiger partial charge in [0.2, 0.25) is 5.91 Å². The van der Waals surface area contributed by atoms with Gasteiger partial charge in [0.25, 0.3) is 0 Å². The zero-order chi connectivity index (χ0) is 18.1. The van der Waals surface area contributed by atoms with Gasteiger partial charge in [0.15, 0.2) is 0 Å². The molecule has 3 saturated carbocycles. The van der Waals surface area contributed by atoms with Crippen LogP contribution in [0.15, 0.2) is 0 Å². The van der Waals surface area contributed by atoms with Crippen LogP contribution in [0.5, 0.6) is 0 Å². The fourth-order valence-electron chi connectivity index (χ4n) is 5.73. The van der Waals surface area contributed by atoms with Crippen LogP contribution in [0.25, 0.3) is 0 Å². The van der Waals surface area contributed by atoms with Crippen LogP contribution in [-0.4, -0.2) is 48.2 Å². The lowest BCUT2D eigenvalue weighted by Gasteiger charge is -2.63. The minimum Gasteiger partial charge on any atom is -0.404 e. The average molecular weight is 348 g/mol.